The topological polar surface area (TPSA) is 107 Å². The lowest BCUT2D eigenvalue weighted by molar-refractivity contribution is -0.139. The van der Waals surface area contributed by atoms with Crippen molar-refractivity contribution in [1.82, 2.24) is 9.88 Å². The van der Waals surface area contributed by atoms with E-state index in [0.29, 0.717) is 17.9 Å². The molecule has 1 aromatic heterocycles. The number of pyridine rings is 1. The Bertz CT molecular complexity index is 677. The molecule has 8 nitrogen and oxygen atoms in total. The van der Waals surface area contributed by atoms with Crippen molar-refractivity contribution in [3.8, 4) is 6.07 Å². The molecule has 1 aliphatic rings. The Labute approximate surface area is 140 Å². The van der Waals surface area contributed by atoms with Gasteiger partial charge in [-0.1, -0.05) is 0 Å². The molecule has 0 bridgehead atoms. The van der Waals surface area contributed by atoms with Gasteiger partial charge in [0.2, 0.25) is 0 Å². The van der Waals surface area contributed by atoms with Crippen LogP contribution < -0.4 is 4.90 Å². The van der Waals surface area contributed by atoms with Crippen LogP contribution in [0.1, 0.15) is 26.3 Å². The number of anilines is 1. The number of ether oxygens (including phenoxy) is 1. The van der Waals surface area contributed by atoms with Gasteiger partial charge in [0.05, 0.1) is 18.2 Å². The highest BCUT2D eigenvalue weighted by atomic mass is 16.6. The van der Waals surface area contributed by atoms with E-state index in [-0.39, 0.29) is 13.1 Å². The monoisotopic (exact) mass is 332 g/mol. The van der Waals surface area contributed by atoms with Gasteiger partial charge >= 0.3 is 12.1 Å². The molecule has 0 aromatic carbocycles. The zero-order valence-corrected chi connectivity index (χ0v) is 13.9. The van der Waals surface area contributed by atoms with Gasteiger partial charge < -0.3 is 19.6 Å². The molecule has 24 heavy (non-hydrogen) atoms. The van der Waals surface area contributed by atoms with Gasteiger partial charge in [-0.2, -0.15) is 5.26 Å². The van der Waals surface area contributed by atoms with Crippen LogP contribution in [0.25, 0.3) is 0 Å². The summed E-state index contributed by atoms with van der Waals surface area (Å²) < 4.78 is 5.30. The molecule has 2 rings (SSSR count). The SMILES string of the molecule is CC(C)(C)OC(=O)N1CCN(c2cc(C#N)ccn2)C(C(=O)O)C1. The molecule has 1 saturated heterocycles. The van der Waals surface area contributed by atoms with Crippen molar-refractivity contribution in [2.24, 2.45) is 0 Å². The number of carbonyl (C=O) groups excluding carboxylic acids is 1. The van der Waals surface area contributed by atoms with E-state index in [1.807, 2.05) is 6.07 Å². The fourth-order valence-electron chi connectivity index (χ4n) is 2.41. The first kappa shape index (κ1) is 17.5. The molecule has 0 spiro atoms. The minimum atomic E-state index is -1.06. The van der Waals surface area contributed by atoms with E-state index in [4.69, 9.17) is 10.00 Å². The third-order valence-corrected chi connectivity index (χ3v) is 3.49. The summed E-state index contributed by atoms with van der Waals surface area (Å²) in [5, 5.41) is 18.5. The van der Waals surface area contributed by atoms with Crippen molar-refractivity contribution < 1.29 is 19.4 Å². The predicted octanol–water partition coefficient (Wildman–Crippen LogP) is 1.46. The standard InChI is InChI=1S/C16H20N4O4/c1-16(2,3)24-15(23)19-6-7-20(12(10-19)14(21)22)13-8-11(9-17)4-5-18-13/h4-5,8,12H,6-7,10H2,1-3H3,(H,21,22). The number of amides is 1. The molecule has 0 aliphatic carbocycles. The Hall–Kier alpha value is -2.82. The van der Waals surface area contributed by atoms with Crippen LogP contribution in [-0.4, -0.2) is 58.3 Å². The van der Waals surface area contributed by atoms with Crippen molar-refractivity contribution in [3.05, 3.63) is 23.9 Å². The minimum absolute atomic E-state index is 0.0112. The van der Waals surface area contributed by atoms with Crippen LogP contribution in [0.2, 0.25) is 0 Å². The van der Waals surface area contributed by atoms with Gasteiger partial charge in [0.25, 0.3) is 0 Å². The summed E-state index contributed by atoms with van der Waals surface area (Å²) in [4.78, 5) is 30.9. The Balaban J connectivity index is 2.18. The number of hydrogen-bond acceptors (Lipinski definition) is 6. The third kappa shape index (κ3) is 4.13. The number of carboxylic acid groups (broad SMARTS) is 1. The molecular weight excluding hydrogens is 312 g/mol. The van der Waals surface area contributed by atoms with Gasteiger partial charge in [-0.05, 0) is 32.9 Å². The average molecular weight is 332 g/mol. The number of carbonyl (C=O) groups is 2. The number of nitriles is 1. The zero-order chi connectivity index (χ0) is 17.9. The summed E-state index contributed by atoms with van der Waals surface area (Å²) in [5.41, 5.74) is -0.242. The van der Waals surface area contributed by atoms with Gasteiger partial charge in [-0.3, -0.25) is 0 Å². The second kappa shape index (κ2) is 6.74. The summed E-state index contributed by atoms with van der Waals surface area (Å²) in [6, 6.07) is 4.15. The van der Waals surface area contributed by atoms with Crippen molar-refractivity contribution in [1.29, 1.82) is 5.26 Å². The molecule has 1 N–H and O–H groups in total. The lowest BCUT2D eigenvalue weighted by atomic mass is 10.1. The van der Waals surface area contributed by atoms with E-state index in [1.165, 1.54) is 11.1 Å². The maximum absolute atomic E-state index is 12.2. The Kier molecular flexibility index (Phi) is 4.93. The van der Waals surface area contributed by atoms with Crippen molar-refractivity contribution in [2.75, 3.05) is 24.5 Å². The van der Waals surface area contributed by atoms with Crippen molar-refractivity contribution >= 4 is 17.9 Å². The largest absolute Gasteiger partial charge is 0.480 e. The summed E-state index contributed by atoms with van der Waals surface area (Å²) in [6.07, 6.45) is 0.930. The molecule has 1 unspecified atom stereocenters. The van der Waals surface area contributed by atoms with Crippen LogP contribution in [-0.2, 0) is 9.53 Å². The first-order valence-corrected chi connectivity index (χ1v) is 7.55. The second-order valence-corrected chi connectivity index (χ2v) is 6.49. The van der Waals surface area contributed by atoms with Gasteiger partial charge in [0, 0.05) is 19.3 Å². The van der Waals surface area contributed by atoms with Crippen LogP contribution in [0.15, 0.2) is 18.3 Å². The number of nitrogens with zero attached hydrogens (tertiary/aromatic N) is 4. The lowest BCUT2D eigenvalue weighted by Gasteiger charge is -2.40. The first-order valence-electron chi connectivity index (χ1n) is 7.55. The maximum Gasteiger partial charge on any atom is 0.410 e. The van der Waals surface area contributed by atoms with Gasteiger partial charge in [-0.15, -0.1) is 0 Å². The third-order valence-electron chi connectivity index (χ3n) is 3.49. The van der Waals surface area contributed by atoms with Gasteiger partial charge in [-0.25, -0.2) is 14.6 Å². The number of hydrogen-bond donors (Lipinski definition) is 1. The Morgan fingerprint density at radius 2 is 2.12 bits per heavy atom. The molecule has 0 saturated carbocycles. The summed E-state index contributed by atoms with van der Waals surface area (Å²) in [7, 11) is 0. The highest BCUT2D eigenvalue weighted by Crippen LogP contribution is 2.21. The molecule has 1 atom stereocenters. The molecule has 1 amide bonds. The lowest BCUT2D eigenvalue weighted by Crippen LogP contribution is -2.58. The number of piperazine rings is 1. The normalized spacial score (nSPS) is 18.0. The molecule has 2 heterocycles. The smallest absolute Gasteiger partial charge is 0.410 e. The molecule has 0 radical (unpaired) electrons. The molecule has 1 fully saturated rings. The highest BCUT2D eigenvalue weighted by Gasteiger charge is 2.36. The van der Waals surface area contributed by atoms with E-state index in [9.17, 15) is 14.7 Å². The number of carboxylic acids is 1. The summed E-state index contributed by atoms with van der Waals surface area (Å²) in [5.74, 6) is -0.655. The van der Waals surface area contributed by atoms with Crippen molar-refractivity contribution in [2.45, 2.75) is 32.4 Å². The first-order chi connectivity index (χ1) is 11.2. The van der Waals surface area contributed by atoms with E-state index >= 15 is 0 Å². The molecule has 8 heteroatoms. The van der Waals surface area contributed by atoms with Crippen molar-refractivity contribution in [3.63, 3.8) is 0 Å². The van der Waals surface area contributed by atoms with Gasteiger partial charge in [0.15, 0.2) is 0 Å². The van der Waals surface area contributed by atoms with Gasteiger partial charge in [0.1, 0.15) is 17.5 Å². The summed E-state index contributed by atoms with van der Waals surface area (Å²) in [6.45, 7) is 5.87. The van der Waals surface area contributed by atoms with E-state index in [1.54, 1.807) is 37.8 Å². The van der Waals surface area contributed by atoms with Crippen LogP contribution in [0.3, 0.4) is 0 Å². The van der Waals surface area contributed by atoms with Crippen LogP contribution >= 0.6 is 0 Å². The fraction of sp³-hybridized carbons (Fsp3) is 0.500. The highest BCUT2D eigenvalue weighted by molar-refractivity contribution is 5.80. The molecule has 1 aromatic rings. The second-order valence-electron chi connectivity index (χ2n) is 6.49. The van der Waals surface area contributed by atoms with E-state index in [2.05, 4.69) is 4.98 Å². The number of rotatable bonds is 2. The van der Waals surface area contributed by atoms with Crippen LogP contribution in [0.5, 0.6) is 0 Å². The average Bonchev–Trinajstić information content (AvgIpc) is 2.52. The minimum Gasteiger partial charge on any atom is -0.480 e. The van der Waals surface area contributed by atoms with Crippen LogP contribution in [0, 0.1) is 11.3 Å². The van der Waals surface area contributed by atoms with E-state index < -0.39 is 23.7 Å². The zero-order valence-electron chi connectivity index (χ0n) is 13.9. The maximum atomic E-state index is 12.2. The Morgan fingerprint density at radius 3 is 2.71 bits per heavy atom. The van der Waals surface area contributed by atoms with Crippen LogP contribution in [0.4, 0.5) is 10.6 Å². The van der Waals surface area contributed by atoms with E-state index in [0.717, 1.165) is 0 Å². The molecular formula is C16H20N4O4. The number of aliphatic carboxylic acids is 1. The number of aromatic nitrogens is 1. The quantitative estimate of drug-likeness (QED) is 0.873. The molecule has 1 aliphatic heterocycles. The predicted molar refractivity (Wildman–Crippen MR) is 85.5 cm³/mol. The Morgan fingerprint density at radius 1 is 1.42 bits per heavy atom. The molecule has 128 valence electrons. The fourth-order valence-corrected chi connectivity index (χ4v) is 2.41. The summed E-state index contributed by atoms with van der Waals surface area (Å²) >= 11 is 0.